The van der Waals surface area contributed by atoms with Crippen molar-refractivity contribution < 1.29 is 19.1 Å². The molecule has 0 atom stereocenters. The molecule has 1 aromatic heterocycles. The van der Waals surface area contributed by atoms with Crippen LogP contribution >= 0.6 is 0 Å². The fraction of sp³-hybridized carbons (Fsp3) is 0. The summed E-state index contributed by atoms with van der Waals surface area (Å²) in [7, 11) is 0. The second kappa shape index (κ2) is 3.77. The number of fused-ring (bicyclic) bond motifs is 6. The van der Waals surface area contributed by atoms with Gasteiger partial charge in [0.15, 0.2) is 0 Å². The number of nitrogens with zero attached hydrogens (tertiary/aromatic N) is 1. The zero-order valence-corrected chi connectivity index (χ0v) is 10.1. The van der Waals surface area contributed by atoms with Crippen molar-refractivity contribution in [2.45, 2.75) is 0 Å². The van der Waals surface area contributed by atoms with E-state index in [9.17, 15) is 9.59 Å². The molecule has 1 aliphatic heterocycles. The van der Waals surface area contributed by atoms with Crippen LogP contribution in [0.25, 0.3) is 21.5 Å². The van der Waals surface area contributed by atoms with Crippen LogP contribution in [0.15, 0.2) is 42.5 Å². The lowest BCUT2D eigenvalue weighted by molar-refractivity contribution is -0.155. The minimum absolute atomic E-state index is 0.0682. The highest BCUT2D eigenvalue weighted by Crippen LogP contribution is 2.35. The van der Waals surface area contributed by atoms with Gasteiger partial charge in [-0.15, -0.1) is 0 Å². The highest BCUT2D eigenvalue weighted by atomic mass is 16.6. The Morgan fingerprint density at radius 1 is 0.850 bits per heavy atom. The second-order valence-corrected chi connectivity index (χ2v) is 4.43. The van der Waals surface area contributed by atoms with Crippen molar-refractivity contribution in [1.82, 2.24) is 4.98 Å². The van der Waals surface area contributed by atoms with Crippen LogP contribution < -0.4 is 9.47 Å². The molecule has 2 aromatic carbocycles. The standard InChI is InChI=1S/C15H7NO4/c17-14-15(18)20-13-12-9(7-11(16-13)19-14)6-5-8-3-1-2-4-10(8)12/h1-7H. The topological polar surface area (TPSA) is 65.5 Å². The fourth-order valence-corrected chi connectivity index (χ4v) is 2.36. The van der Waals surface area contributed by atoms with Crippen LogP contribution in [0, 0.1) is 0 Å². The molecule has 5 heteroatoms. The van der Waals surface area contributed by atoms with Gasteiger partial charge in [0, 0.05) is 6.07 Å². The number of ether oxygens (including phenoxy) is 2. The quantitative estimate of drug-likeness (QED) is 0.354. The van der Waals surface area contributed by atoms with Crippen molar-refractivity contribution in [2.24, 2.45) is 0 Å². The molecule has 3 aromatic rings. The van der Waals surface area contributed by atoms with Crippen LogP contribution in [0.1, 0.15) is 0 Å². The summed E-state index contributed by atoms with van der Waals surface area (Å²) in [4.78, 5) is 26.9. The van der Waals surface area contributed by atoms with E-state index in [1.807, 2.05) is 36.4 Å². The zero-order chi connectivity index (χ0) is 13.7. The summed E-state index contributed by atoms with van der Waals surface area (Å²) in [6, 6.07) is 13.1. The van der Waals surface area contributed by atoms with Crippen LogP contribution in [0.3, 0.4) is 0 Å². The molecule has 0 saturated heterocycles. The molecule has 0 N–H and O–H groups in total. The first-order valence-corrected chi connectivity index (χ1v) is 5.99. The number of carbonyl (C=O) groups excluding carboxylic acids is 2. The van der Waals surface area contributed by atoms with Crippen LogP contribution in [0.2, 0.25) is 0 Å². The summed E-state index contributed by atoms with van der Waals surface area (Å²) in [5.74, 6) is -1.95. The first kappa shape index (κ1) is 10.9. The molecule has 5 nitrogen and oxygen atoms in total. The molecule has 96 valence electrons. The lowest BCUT2D eigenvalue weighted by Crippen LogP contribution is -2.23. The molecule has 0 amide bonds. The monoisotopic (exact) mass is 265 g/mol. The van der Waals surface area contributed by atoms with Gasteiger partial charge in [0.1, 0.15) is 0 Å². The van der Waals surface area contributed by atoms with Crippen LogP contribution in [-0.4, -0.2) is 16.9 Å². The SMILES string of the molecule is O=C1Oc2cc3ccc4ccccc4c3c(n2)OC1=O. The van der Waals surface area contributed by atoms with Gasteiger partial charge in [-0.25, -0.2) is 9.59 Å². The summed E-state index contributed by atoms with van der Waals surface area (Å²) in [5.41, 5.74) is 0. The summed E-state index contributed by atoms with van der Waals surface area (Å²) in [5, 5.41) is 3.39. The molecule has 0 spiro atoms. The Balaban J connectivity index is 2.15. The number of rotatable bonds is 0. The predicted octanol–water partition coefficient (Wildman–Crippen LogP) is 2.21. The van der Waals surface area contributed by atoms with Gasteiger partial charge >= 0.3 is 11.9 Å². The number of pyridine rings is 1. The minimum Gasteiger partial charge on any atom is -0.399 e. The largest absolute Gasteiger partial charge is 0.424 e. The van der Waals surface area contributed by atoms with E-state index >= 15 is 0 Å². The Morgan fingerprint density at radius 3 is 2.50 bits per heavy atom. The third-order valence-electron chi connectivity index (χ3n) is 3.22. The number of carbonyl (C=O) groups is 2. The molecular weight excluding hydrogens is 258 g/mol. The third-order valence-corrected chi connectivity index (χ3v) is 3.22. The molecule has 0 saturated carbocycles. The Morgan fingerprint density at radius 2 is 1.60 bits per heavy atom. The van der Waals surface area contributed by atoms with E-state index in [4.69, 9.17) is 9.47 Å². The maximum absolute atomic E-state index is 11.5. The zero-order valence-electron chi connectivity index (χ0n) is 10.1. The van der Waals surface area contributed by atoms with Crippen molar-refractivity contribution in [1.29, 1.82) is 0 Å². The van der Waals surface area contributed by atoms with Gasteiger partial charge in [-0.2, -0.15) is 4.98 Å². The van der Waals surface area contributed by atoms with E-state index < -0.39 is 11.9 Å². The molecule has 2 heterocycles. The first-order valence-electron chi connectivity index (χ1n) is 5.99. The van der Waals surface area contributed by atoms with Gasteiger partial charge < -0.3 is 9.47 Å². The first-order chi connectivity index (χ1) is 9.72. The Labute approximate surface area is 112 Å². The lowest BCUT2D eigenvalue weighted by Gasteiger charge is -2.07. The highest BCUT2D eigenvalue weighted by Gasteiger charge is 2.27. The number of benzene rings is 2. The van der Waals surface area contributed by atoms with E-state index in [0.717, 1.165) is 16.2 Å². The smallest absolute Gasteiger partial charge is 0.399 e. The van der Waals surface area contributed by atoms with Gasteiger partial charge in [0.05, 0.1) is 5.39 Å². The fourth-order valence-electron chi connectivity index (χ4n) is 2.36. The Bertz CT molecular complexity index is 901. The van der Waals surface area contributed by atoms with E-state index in [2.05, 4.69) is 4.98 Å². The maximum Gasteiger partial charge on any atom is 0.424 e. The lowest BCUT2D eigenvalue weighted by atomic mass is 10.0. The average molecular weight is 265 g/mol. The Kier molecular flexibility index (Phi) is 2.06. The van der Waals surface area contributed by atoms with Gasteiger partial charge in [-0.3, -0.25) is 0 Å². The van der Waals surface area contributed by atoms with Crippen molar-refractivity contribution in [2.75, 3.05) is 0 Å². The predicted molar refractivity (Wildman–Crippen MR) is 70.5 cm³/mol. The second-order valence-electron chi connectivity index (χ2n) is 4.43. The number of hydrogen-bond acceptors (Lipinski definition) is 5. The van der Waals surface area contributed by atoms with E-state index in [1.54, 1.807) is 6.07 Å². The van der Waals surface area contributed by atoms with E-state index in [1.165, 1.54) is 0 Å². The third kappa shape index (κ3) is 1.46. The van der Waals surface area contributed by atoms with Crippen molar-refractivity contribution >= 4 is 33.5 Å². The summed E-state index contributed by atoms with van der Waals surface area (Å²) < 4.78 is 9.85. The highest BCUT2D eigenvalue weighted by molar-refractivity contribution is 6.31. The molecule has 2 bridgehead atoms. The molecule has 4 rings (SSSR count). The normalized spacial score (nSPS) is 14.0. The summed E-state index contributed by atoms with van der Waals surface area (Å²) >= 11 is 0. The van der Waals surface area contributed by atoms with Gasteiger partial charge in [0.25, 0.3) is 0 Å². The van der Waals surface area contributed by atoms with Crippen molar-refractivity contribution in [3.63, 3.8) is 0 Å². The number of hydrogen-bond donors (Lipinski definition) is 0. The van der Waals surface area contributed by atoms with Crippen LogP contribution in [-0.2, 0) is 9.59 Å². The average Bonchev–Trinajstić information content (AvgIpc) is 2.56. The van der Waals surface area contributed by atoms with Crippen LogP contribution in [0.4, 0.5) is 0 Å². The van der Waals surface area contributed by atoms with Gasteiger partial charge in [-0.1, -0.05) is 36.4 Å². The maximum atomic E-state index is 11.5. The van der Waals surface area contributed by atoms with E-state index in [0.29, 0.717) is 5.39 Å². The summed E-state index contributed by atoms with van der Waals surface area (Å²) in [6.45, 7) is 0. The van der Waals surface area contributed by atoms with Gasteiger partial charge in [0.2, 0.25) is 11.8 Å². The number of aromatic nitrogens is 1. The van der Waals surface area contributed by atoms with Crippen molar-refractivity contribution in [3.8, 4) is 11.8 Å². The summed E-state index contributed by atoms with van der Waals surface area (Å²) in [6.07, 6.45) is 0. The molecule has 1 aliphatic rings. The molecular formula is C15H7NO4. The van der Waals surface area contributed by atoms with Crippen molar-refractivity contribution in [3.05, 3.63) is 42.5 Å². The van der Waals surface area contributed by atoms with Gasteiger partial charge in [-0.05, 0) is 16.2 Å². The molecule has 20 heavy (non-hydrogen) atoms. The molecule has 0 unspecified atom stereocenters. The Hall–Kier alpha value is -2.95. The molecule has 0 radical (unpaired) electrons. The minimum atomic E-state index is -1.06. The molecule has 0 fully saturated rings. The van der Waals surface area contributed by atoms with Crippen LogP contribution in [0.5, 0.6) is 11.8 Å². The number of esters is 2. The van der Waals surface area contributed by atoms with E-state index in [-0.39, 0.29) is 11.8 Å². The molecule has 0 aliphatic carbocycles.